The number of amides is 2. The molecule has 0 fully saturated rings. The highest BCUT2D eigenvalue weighted by molar-refractivity contribution is 6.00. The first-order valence-corrected chi connectivity index (χ1v) is 4.53. The van der Waals surface area contributed by atoms with Crippen molar-refractivity contribution in [3.8, 4) is 0 Å². The zero-order valence-electron chi connectivity index (χ0n) is 8.41. The lowest BCUT2D eigenvalue weighted by Gasteiger charge is -2.05. The monoisotopic (exact) mass is 207 g/mol. The fourth-order valence-electron chi connectivity index (χ4n) is 1.19. The van der Waals surface area contributed by atoms with Crippen LogP contribution in [0.1, 0.15) is 27.6 Å². The largest absolute Gasteiger partial charge is 0.399 e. The lowest BCUT2D eigenvalue weighted by atomic mass is 10.1. The molecule has 0 saturated heterocycles. The lowest BCUT2D eigenvalue weighted by Crippen LogP contribution is -2.23. The number of hydrogen-bond donors (Lipinski definition) is 3. The summed E-state index contributed by atoms with van der Waals surface area (Å²) in [6.45, 7) is 2.32. The Balaban J connectivity index is 3.09. The number of nitrogens with two attached hydrogens (primary N) is 2. The Bertz CT molecular complexity index is 402. The van der Waals surface area contributed by atoms with E-state index in [1.54, 1.807) is 6.92 Å². The van der Waals surface area contributed by atoms with Crippen molar-refractivity contribution in [1.82, 2.24) is 5.32 Å². The van der Waals surface area contributed by atoms with Crippen LogP contribution in [0.15, 0.2) is 18.2 Å². The molecule has 5 nitrogen and oxygen atoms in total. The van der Waals surface area contributed by atoms with E-state index in [2.05, 4.69) is 5.32 Å². The van der Waals surface area contributed by atoms with Crippen LogP contribution in [0.5, 0.6) is 0 Å². The normalized spacial score (nSPS) is 9.67. The smallest absolute Gasteiger partial charge is 0.251 e. The van der Waals surface area contributed by atoms with Crippen LogP contribution in [0.4, 0.5) is 5.69 Å². The third kappa shape index (κ3) is 2.70. The molecule has 0 atom stereocenters. The highest BCUT2D eigenvalue weighted by Gasteiger charge is 2.09. The van der Waals surface area contributed by atoms with Crippen molar-refractivity contribution in [3.63, 3.8) is 0 Å². The van der Waals surface area contributed by atoms with E-state index in [1.807, 2.05) is 0 Å². The van der Waals surface area contributed by atoms with Crippen LogP contribution in [0.25, 0.3) is 0 Å². The average Bonchev–Trinajstić information content (AvgIpc) is 2.17. The Labute approximate surface area is 87.4 Å². The summed E-state index contributed by atoms with van der Waals surface area (Å²) in [6, 6.07) is 4.35. The van der Waals surface area contributed by atoms with Gasteiger partial charge in [-0.1, -0.05) is 0 Å². The summed E-state index contributed by atoms with van der Waals surface area (Å²) in [5, 5.41) is 2.61. The Morgan fingerprint density at radius 3 is 2.40 bits per heavy atom. The number of hydrogen-bond acceptors (Lipinski definition) is 3. The maximum absolute atomic E-state index is 11.5. The van der Waals surface area contributed by atoms with Gasteiger partial charge in [0.05, 0.1) is 0 Å². The zero-order valence-corrected chi connectivity index (χ0v) is 8.41. The quantitative estimate of drug-likeness (QED) is 0.614. The average molecular weight is 207 g/mol. The molecule has 2 amide bonds. The van der Waals surface area contributed by atoms with Crippen molar-refractivity contribution in [3.05, 3.63) is 29.3 Å². The van der Waals surface area contributed by atoms with E-state index in [0.29, 0.717) is 17.8 Å². The van der Waals surface area contributed by atoms with Crippen molar-refractivity contribution < 1.29 is 9.59 Å². The molecule has 1 aromatic rings. The maximum atomic E-state index is 11.5. The van der Waals surface area contributed by atoms with E-state index in [4.69, 9.17) is 11.5 Å². The summed E-state index contributed by atoms with van der Waals surface area (Å²) < 4.78 is 0. The SMILES string of the molecule is CCNC(=O)c1cc(N)cc(C(N)=O)c1. The van der Waals surface area contributed by atoms with Crippen LogP contribution < -0.4 is 16.8 Å². The van der Waals surface area contributed by atoms with Crippen molar-refractivity contribution in [2.75, 3.05) is 12.3 Å². The second-order valence-corrected chi connectivity index (χ2v) is 3.07. The Hall–Kier alpha value is -2.04. The third-order valence-electron chi connectivity index (χ3n) is 1.84. The molecular weight excluding hydrogens is 194 g/mol. The molecule has 0 aromatic heterocycles. The number of nitrogen functional groups attached to an aromatic ring is 1. The highest BCUT2D eigenvalue weighted by Crippen LogP contribution is 2.11. The van der Waals surface area contributed by atoms with Gasteiger partial charge in [-0.2, -0.15) is 0 Å². The summed E-state index contributed by atoms with van der Waals surface area (Å²) >= 11 is 0. The fraction of sp³-hybridized carbons (Fsp3) is 0.200. The molecule has 0 aliphatic carbocycles. The lowest BCUT2D eigenvalue weighted by molar-refractivity contribution is 0.0956. The van der Waals surface area contributed by atoms with Crippen LogP contribution in [0.2, 0.25) is 0 Å². The first-order chi connectivity index (χ1) is 7.04. The highest BCUT2D eigenvalue weighted by atomic mass is 16.2. The Kier molecular flexibility index (Phi) is 3.28. The van der Waals surface area contributed by atoms with Crippen LogP contribution in [0.3, 0.4) is 0 Å². The Morgan fingerprint density at radius 2 is 1.87 bits per heavy atom. The number of nitrogens with one attached hydrogen (secondary N) is 1. The van der Waals surface area contributed by atoms with E-state index in [-0.39, 0.29) is 11.5 Å². The summed E-state index contributed by atoms with van der Waals surface area (Å²) in [5.41, 5.74) is 11.6. The van der Waals surface area contributed by atoms with Crippen molar-refractivity contribution in [2.24, 2.45) is 5.73 Å². The molecule has 0 saturated carbocycles. The van der Waals surface area contributed by atoms with Gasteiger partial charge in [0.15, 0.2) is 0 Å². The van der Waals surface area contributed by atoms with E-state index in [9.17, 15) is 9.59 Å². The van der Waals surface area contributed by atoms with Crippen LogP contribution >= 0.6 is 0 Å². The van der Waals surface area contributed by atoms with Gasteiger partial charge < -0.3 is 16.8 Å². The molecule has 0 aliphatic rings. The van der Waals surface area contributed by atoms with Crippen molar-refractivity contribution in [1.29, 1.82) is 0 Å². The topological polar surface area (TPSA) is 98.2 Å². The van der Waals surface area contributed by atoms with Gasteiger partial charge in [0, 0.05) is 23.4 Å². The molecule has 5 N–H and O–H groups in total. The second kappa shape index (κ2) is 4.45. The van der Waals surface area contributed by atoms with Gasteiger partial charge in [-0.3, -0.25) is 9.59 Å². The van der Waals surface area contributed by atoms with Gasteiger partial charge in [-0.25, -0.2) is 0 Å². The number of carbonyl (C=O) groups excluding carboxylic acids is 2. The first kappa shape index (κ1) is 11.0. The van der Waals surface area contributed by atoms with Gasteiger partial charge >= 0.3 is 0 Å². The van der Waals surface area contributed by atoms with Gasteiger partial charge in [0.1, 0.15) is 0 Å². The van der Waals surface area contributed by atoms with E-state index >= 15 is 0 Å². The molecule has 1 aromatic carbocycles. The summed E-state index contributed by atoms with van der Waals surface area (Å²) in [5.74, 6) is -0.875. The van der Waals surface area contributed by atoms with E-state index in [1.165, 1.54) is 18.2 Å². The molecule has 0 aliphatic heterocycles. The number of carbonyl (C=O) groups is 2. The number of primary amides is 1. The summed E-state index contributed by atoms with van der Waals surface area (Å²) in [6.07, 6.45) is 0. The predicted octanol–water partition coefficient (Wildman–Crippen LogP) is 0.117. The molecule has 0 spiro atoms. The molecule has 0 unspecified atom stereocenters. The second-order valence-electron chi connectivity index (χ2n) is 3.07. The van der Waals surface area contributed by atoms with Gasteiger partial charge in [-0.15, -0.1) is 0 Å². The molecule has 5 heteroatoms. The number of benzene rings is 1. The zero-order chi connectivity index (χ0) is 11.4. The van der Waals surface area contributed by atoms with Crippen LogP contribution in [-0.4, -0.2) is 18.4 Å². The van der Waals surface area contributed by atoms with Gasteiger partial charge in [-0.05, 0) is 25.1 Å². The summed E-state index contributed by atoms with van der Waals surface area (Å²) in [4.78, 5) is 22.4. The Morgan fingerprint density at radius 1 is 1.27 bits per heavy atom. The third-order valence-corrected chi connectivity index (χ3v) is 1.84. The molecule has 80 valence electrons. The van der Waals surface area contributed by atoms with E-state index in [0.717, 1.165) is 0 Å². The number of rotatable bonds is 3. The first-order valence-electron chi connectivity index (χ1n) is 4.53. The van der Waals surface area contributed by atoms with E-state index < -0.39 is 5.91 Å². The van der Waals surface area contributed by atoms with Gasteiger partial charge in [0.2, 0.25) is 5.91 Å². The minimum absolute atomic E-state index is 0.233. The van der Waals surface area contributed by atoms with Gasteiger partial charge in [0.25, 0.3) is 5.91 Å². The molecule has 0 heterocycles. The molecule has 0 radical (unpaired) electrons. The summed E-state index contributed by atoms with van der Waals surface area (Å²) in [7, 11) is 0. The molecule has 0 bridgehead atoms. The number of anilines is 1. The molecule has 15 heavy (non-hydrogen) atoms. The maximum Gasteiger partial charge on any atom is 0.251 e. The standard InChI is InChI=1S/C10H13N3O2/c1-2-13-10(15)7-3-6(9(12)14)4-8(11)5-7/h3-5H,2,11H2,1H3,(H2,12,14)(H,13,15). The van der Waals surface area contributed by atoms with Crippen LogP contribution in [-0.2, 0) is 0 Å². The molecule has 1 rings (SSSR count). The van der Waals surface area contributed by atoms with Crippen molar-refractivity contribution >= 4 is 17.5 Å². The fourth-order valence-corrected chi connectivity index (χ4v) is 1.19. The minimum atomic E-state index is -0.604. The predicted molar refractivity (Wildman–Crippen MR) is 57.4 cm³/mol. The molecular formula is C10H13N3O2. The minimum Gasteiger partial charge on any atom is -0.399 e. The van der Waals surface area contributed by atoms with Crippen LogP contribution in [0, 0.1) is 0 Å². The van der Waals surface area contributed by atoms with Crippen molar-refractivity contribution in [2.45, 2.75) is 6.92 Å².